The molecule has 7 nitrogen and oxygen atoms in total. The fraction of sp³-hybridized carbons (Fsp3) is 0.214. The summed E-state index contributed by atoms with van der Waals surface area (Å²) in [6.07, 6.45) is 1.34. The van der Waals surface area contributed by atoms with E-state index in [2.05, 4.69) is 10.3 Å². The molecule has 2 aromatic rings. The van der Waals surface area contributed by atoms with Crippen molar-refractivity contribution in [3.8, 4) is 11.5 Å². The number of nitrogens with one attached hydrogen (secondary N) is 2. The van der Waals surface area contributed by atoms with Crippen LogP contribution in [0.15, 0.2) is 42.6 Å². The van der Waals surface area contributed by atoms with Crippen LogP contribution in [0.2, 0.25) is 0 Å². The van der Waals surface area contributed by atoms with Crippen LogP contribution in [-0.4, -0.2) is 25.2 Å². The highest BCUT2D eigenvalue weighted by Gasteiger charge is 2.08. The summed E-state index contributed by atoms with van der Waals surface area (Å²) in [5.41, 5.74) is 0.0215. The lowest BCUT2D eigenvalue weighted by Gasteiger charge is -2.06. The van der Waals surface area contributed by atoms with Gasteiger partial charge >= 0.3 is 5.69 Å². The van der Waals surface area contributed by atoms with Crippen molar-refractivity contribution < 1.29 is 19.4 Å². The van der Waals surface area contributed by atoms with Crippen molar-refractivity contribution in [2.75, 3.05) is 25.6 Å². The van der Waals surface area contributed by atoms with Crippen LogP contribution in [0.5, 0.6) is 11.5 Å². The number of aromatic amines is 1. The Morgan fingerprint density at radius 1 is 1.29 bits per heavy atom. The minimum Gasteiger partial charge on any atom is -0.497 e. The van der Waals surface area contributed by atoms with E-state index in [4.69, 9.17) is 9.47 Å². The Bertz CT molecular complexity index is 601. The number of hydrogen-bond acceptors (Lipinski definition) is 5. The molecule has 0 saturated carbocycles. The van der Waals surface area contributed by atoms with E-state index >= 15 is 0 Å². The number of ether oxygens (including phenoxy) is 2. The number of nitrogens with zero attached hydrogens (tertiary/aromatic N) is 1. The van der Waals surface area contributed by atoms with E-state index in [0.29, 0.717) is 19.0 Å². The first kappa shape index (κ1) is 14.6. The van der Waals surface area contributed by atoms with E-state index in [9.17, 15) is 10.1 Å². The molecule has 2 N–H and O–H groups in total. The molecule has 0 aliphatic carbocycles. The van der Waals surface area contributed by atoms with Gasteiger partial charge in [-0.25, -0.2) is 4.98 Å². The van der Waals surface area contributed by atoms with E-state index < -0.39 is 4.92 Å². The molecule has 1 aromatic heterocycles. The van der Waals surface area contributed by atoms with Crippen molar-refractivity contribution in [2.45, 2.75) is 0 Å². The van der Waals surface area contributed by atoms with Gasteiger partial charge < -0.3 is 9.47 Å². The predicted octanol–water partition coefficient (Wildman–Crippen LogP) is 1.91. The van der Waals surface area contributed by atoms with Crippen LogP contribution >= 0.6 is 0 Å². The van der Waals surface area contributed by atoms with Crippen LogP contribution < -0.4 is 19.8 Å². The fourth-order valence-electron chi connectivity index (χ4n) is 1.69. The van der Waals surface area contributed by atoms with Gasteiger partial charge in [0.2, 0.25) is 0 Å². The summed E-state index contributed by atoms with van der Waals surface area (Å²) in [5.74, 6) is 2.16. The summed E-state index contributed by atoms with van der Waals surface area (Å²) < 4.78 is 10.7. The Morgan fingerprint density at radius 3 is 2.76 bits per heavy atom. The molecule has 1 aromatic carbocycles. The number of rotatable bonds is 7. The molecule has 0 aliphatic heterocycles. The van der Waals surface area contributed by atoms with Crippen molar-refractivity contribution in [1.29, 1.82) is 0 Å². The van der Waals surface area contributed by atoms with Gasteiger partial charge in [-0.3, -0.25) is 15.4 Å². The second kappa shape index (κ2) is 7.09. The standard InChI is InChI=1S/C14H15N3O4/c1-20-12-3-2-4-13(9-12)21-8-7-15-14-6-5-11(10-16-14)17(18)19/h2-6,9-10H,7-8H2,1H3,(H,15,16)/p+1. The van der Waals surface area contributed by atoms with Crippen LogP contribution in [-0.2, 0) is 0 Å². The summed E-state index contributed by atoms with van der Waals surface area (Å²) in [7, 11) is 1.60. The molecule has 0 bridgehead atoms. The molecule has 0 atom stereocenters. The predicted molar refractivity (Wildman–Crippen MR) is 76.6 cm³/mol. The number of nitro groups is 1. The molecule has 0 amide bonds. The third-order valence-corrected chi connectivity index (χ3v) is 2.73. The Balaban J connectivity index is 1.77. The first-order valence-corrected chi connectivity index (χ1v) is 6.36. The van der Waals surface area contributed by atoms with Crippen molar-refractivity contribution in [2.24, 2.45) is 0 Å². The molecule has 2 rings (SSSR count). The molecule has 110 valence electrons. The number of benzene rings is 1. The third kappa shape index (κ3) is 4.34. The van der Waals surface area contributed by atoms with Crippen LogP contribution in [0.25, 0.3) is 0 Å². The molecular weight excluding hydrogens is 274 g/mol. The molecule has 1 heterocycles. The minimum atomic E-state index is -0.452. The molecule has 7 heteroatoms. The smallest absolute Gasteiger partial charge is 0.308 e. The SMILES string of the molecule is COc1cccc(OCCNc2ccc([N+](=O)[O-])c[nH+]2)c1. The number of pyridine rings is 1. The fourth-order valence-corrected chi connectivity index (χ4v) is 1.69. The summed E-state index contributed by atoms with van der Waals surface area (Å²) in [5, 5.41) is 13.6. The first-order valence-electron chi connectivity index (χ1n) is 6.36. The van der Waals surface area contributed by atoms with Gasteiger partial charge in [0.05, 0.1) is 12.0 Å². The largest absolute Gasteiger partial charge is 0.497 e. The normalized spacial score (nSPS) is 9.95. The maximum Gasteiger partial charge on any atom is 0.308 e. The quantitative estimate of drug-likeness (QED) is 0.478. The molecule has 0 radical (unpaired) electrons. The molecule has 0 spiro atoms. The van der Waals surface area contributed by atoms with Gasteiger partial charge in [-0.2, -0.15) is 0 Å². The number of methoxy groups -OCH3 is 1. The molecule has 21 heavy (non-hydrogen) atoms. The van der Waals surface area contributed by atoms with Crippen LogP contribution in [0, 0.1) is 10.1 Å². The van der Waals surface area contributed by atoms with E-state index in [0.717, 1.165) is 11.5 Å². The highest BCUT2D eigenvalue weighted by molar-refractivity contribution is 5.34. The van der Waals surface area contributed by atoms with Crippen molar-refractivity contribution in [3.05, 3.63) is 52.7 Å². The van der Waals surface area contributed by atoms with Crippen molar-refractivity contribution >= 4 is 11.5 Å². The average molecular weight is 290 g/mol. The number of anilines is 1. The van der Waals surface area contributed by atoms with E-state index in [1.54, 1.807) is 19.2 Å². The average Bonchev–Trinajstić information content (AvgIpc) is 2.52. The lowest BCUT2D eigenvalue weighted by molar-refractivity contribution is -0.413. The van der Waals surface area contributed by atoms with Crippen molar-refractivity contribution in [1.82, 2.24) is 0 Å². The van der Waals surface area contributed by atoms with Gasteiger partial charge in [0.25, 0.3) is 5.82 Å². The van der Waals surface area contributed by atoms with E-state index in [1.807, 2.05) is 18.2 Å². The lowest BCUT2D eigenvalue weighted by atomic mass is 10.3. The maximum absolute atomic E-state index is 10.5. The van der Waals surface area contributed by atoms with Gasteiger partial charge in [-0.1, -0.05) is 6.07 Å². The summed E-state index contributed by atoms with van der Waals surface area (Å²) in [4.78, 5) is 12.9. The van der Waals surface area contributed by atoms with E-state index in [-0.39, 0.29) is 5.69 Å². The van der Waals surface area contributed by atoms with Gasteiger partial charge in [-0.15, -0.1) is 0 Å². The monoisotopic (exact) mass is 290 g/mol. The first-order chi connectivity index (χ1) is 10.2. The summed E-state index contributed by atoms with van der Waals surface area (Å²) in [6, 6.07) is 10.4. The van der Waals surface area contributed by atoms with Gasteiger partial charge in [0.15, 0.2) is 6.20 Å². The number of H-pyrrole nitrogens is 1. The van der Waals surface area contributed by atoms with Gasteiger partial charge in [-0.05, 0) is 12.1 Å². The summed E-state index contributed by atoms with van der Waals surface area (Å²) in [6.45, 7) is 1.02. The van der Waals surface area contributed by atoms with Crippen molar-refractivity contribution in [3.63, 3.8) is 0 Å². The number of aromatic nitrogens is 1. The van der Waals surface area contributed by atoms with Gasteiger partial charge in [0, 0.05) is 18.2 Å². The Morgan fingerprint density at radius 2 is 2.10 bits per heavy atom. The maximum atomic E-state index is 10.5. The topological polar surface area (TPSA) is 87.8 Å². The van der Waals surface area contributed by atoms with Crippen LogP contribution in [0.1, 0.15) is 0 Å². The number of hydrogen-bond donors (Lipinski definition) is 1. The minimum absolute atomic E-state index is 0.0215. The summed E-state index contributed by atoms with van der Waals surface area (Å²) >= 11 is 0. The molecule has 0 unspecified atom stereocenters. The second-order valence-corrected chi connectivity index (χ2v) is 4.17. The van der Waals surface area contributed by atoms with Crippen LogP contribution in [0.3, 0.4) is 0 Å². The highest BCUT2D eigenvalue weighted by Crippen LogP contribution is 2.18. The molecule has 0 fully saturated rings. The lowest BCUT2D eigenvalue weighted by Crippen LogP contribution is -2.18. The second-order valence-electron chi connectivity index (χ2n) is 4.17. The molecular formula is C14H16N3O4+. The zero-order chi connectivity index (χ0) is 15.1. The Kier molecular flexibility index (Phi) is 4.92. The zero-order valence-corrected chi connectivity index (χ0v) is 11.5. The van der Waals surface area contributed by atoms with Gasteiger partial charge in [0.1, 0.15) is 24.7 Å². The Labute approximate surface area is 121 Å². The van der Waals surface area contributed by atoms with E-state index in [1.165, 1.54) is 12.3 Å². The molecule has 0 saturated heterocycles. The zero-order valence-electron chi connectivity index (χ0n) is 11.5. The third-order valence-electron chi connectivity index (χ3n) is 2.73. The highest BCUT2D eigenvalue weighted by atomic mass is 16.6. The Hall–Kier alpha value is -2.83. The molecule has 0 aliphatic rings. The van der Waals surface area contributed by atoms with Crippen LogP contribution in [0.4, 0.5) is 11.5 Å².